The molecule has 0 unspecified atom stereocenters. The number of aromatic amines is 1. The second kappa shape index (κ2) is 8.94. The standard InChI is InChI=1S/C18H24FN5.CH2O2/c1-13-9-16(22-21-13)12-23-10-14-4-7-24(8-5-15(14)11-23)18-17(19)3-2-6-20-18;2-1-3/h2-3,6,9,14-15H,4-5,7-8,10-12H2,1H3,(H,21,22);1H,(H,2,3)/t14-,15+;. The van der Waals surface area contributed by atoms with Gasteiger partial charge in [-0.2, -0.15) is 5.10 Å². The Balaban J connectivity index is 0.000000659. The molecule has 0 spiro atoms. The van der Waals surface area contributed by atoms with Crippen LogP contribution >= 0.6 is 0 Å². The fraction of sp³-hybridized carbons (Fsp3) is 0.526. The number of halogens is 1. The van der Waals surface area contributed by atoms with Crippen molar-refractivity contribution in [2.24, 2.45) is 11.8 Å². The second-order valence-corrected chi connectivity index (χ2v) is 7.24. The quantitative estimate of drug-likeness (QED) is 0.801. The Bertz CT molecular complexity index is 737. The van der Waals surface area contributed by atoms with Gasteiger partial charge >= 0.3 is 0 Å². The molecule has 2 fully saturated rings. The highest BCUT2D eigenvalue weighted by atomic mass is 19.1. The van der Waals surface area contributed by atoms with Crippen molar-refractivity contribution in [3.05, 3.63) is 41.6 Å². The maximum Gasteiger partial charge on any atom is 0.290 e. The van der Waals surface area contributed by atoms with Gasteiger partial charge in [0.05, 0.1) is 5.69 Å². The first-order valence-corrected chi connectivity index (χ1v) is 9.27. The van der Waals surface area contributed by atoms with E-state index in [-0.39, 0.29) is 12.3 Å². The largest absolute Gasteiger partial charge is 0.483 e. The molecule has 4 rings (SSSR count). The summed E-state index contributed by atoms with van der Waals surface area (Å²) >= 11 is 0. The predicted molar refractivity (Wildman–Crippen MR) is 99.9 cm³/mol. The highest BCUT2D eigenvalue weighted by Crippen LogP contribution is 2.33. The third kappa shape index (κ3) is 4.82. The van der Waals surface area contributed by atoms with Crippen LogP contribution in [0.1, 0.15) is 24.2 Å². The summed E-state index contributed by atoms with van der Waals surface area (Å²) in [4.78, 5) is 17.2. The number of anilines is 1. The molecule has 2 aliphatic rings. The van der Waals surface area contributed by atoms with Crippen LogP contribution in [0.25, 0.3) is 0 Å². The van der Waals surface area contributed by atoms with E-state index in [4.69, 9.17) is 9.90 Å². The number of fused-ring (bicyclic) bond motifs is 1. The Kier molecular flexibility index (Phi) is 6.39. The normalized spacial score (nSPS) is 22.5. The maximum atomic E-state index is 14.0. The van der Waals surface area contributed by atoms with E-state index in [2.05, 4.69) is 31.0 Å². The molecule has 2 aromatic heterocycles. The van der Waals surface area contributed by atoms with Crippen LogP contribution in [0.4, 0.5) is 10.2 Å². The number of hydrogen-bond donors (Lipinski definition) is 2. The van der Waals surface area contributed by atoms with Gasteiger partial charge < -0.3 is 10.0 Å². The molecule has 7 nitrogen and oxygen atoms in total. The van der Waals surface area contributed by atoms with Crippen molar-refractivity contribution in [1.82, 2.24) is 20.1 Å². The fourth-order valence-corrected chi connectivity index (χ4v) is 4.18. The van der Waals surface area contributed by atoms with Crippen molar-refractivity contribution in [3.63, 3.8) is 0 Å². The van der Waals surface area contributed by atoms with Gasteiger partial charge in [-0.1, -0.05) is 0 Å². The zero-order valence-corrected chi connectivity index (χ0v) is 15.5. The Morgan fingerprint density at radius 1 is 1.33 bits per heavy atom. The molecule has 2 aromatic rings. The fourth-order valence-electron chi connectivity index (χ4n) is 4.18. The van der Waals surface area contributed by atoms with E-state index in [0.29, 0.717) is 17.7 Å². The zero-order chi connectivity index (χ0) is 19.2. The summed E-state index contributed by atoms with van der Waals surface area (Å²) < 4.78 is 14.0. The minimum Gasteiger partial charge on any atom is -0.483 e. The SMILES string of the molecule is Cc1cc(CN2C[C@H]3CCN(c4ncccc4F)CC[C@H]3C2)n[nH]1.O=CO. The van der Waals surface area contributed by atoms with Crippen LogP contribution in [-0.2, 0) is 11.3 Å². The number of likely N-dealkylation sites (tertiary alicyclic amines) is 1. The first-order chi connectivity index (χ1) is 13.1. The Labute approximate surface area is 158 Å². The van der Waals surface area contributed by atoms with Crippen LogP contribution in [0, 0.1) is 24.6 Å². The number of rotatable bonds is 3. The zero-order valence-electron chi connectivity index (χ0n) is 15.5. The number of hydrogen-bond acceptors (Lipinski definition) is 5. The number of carbonyl (C=O) groups is 1. The summed E-state index contributed by atoms with van der Waals surface area (Å²) in [7, 11) is 0. The Morgan fingerprint density at radius 3 is 2.56 bits per heavy atom. The monoisotopic (exact) mass is 375 g/mol. The molecule has 0 amide bonds. The summed E-state index contributed by atoms with van der Waals surface area (Å²) in [5.74, 6) is 1.70. The van der Waals surface area contributed by atoms with Crippen molar-refractivity contribution in [2.75, 3.05) is 31.1 Å². The summed E-state index contributed by atoms with van der Waals surface area (Å²) in [6.07, 6.45) is 3.89. The number of aromatic nitrogens is 3. The minimum absolute atomic E-state index is 0.208. The van der Waals surface area contributed by atoms with E-state index in [9.17, 15) is 4.39 Å². The topological polar surface area (TPSA) is 85.4 Å². The molecule has 0 aliphatic carbocycles. The molecule has 27 heavy (non-hydrogen) atoms. The molecule has 146 valence electrons. The number of carboxylic acid groups (broad SMARTS) is 1. The van der Waals surface area contributed by atoms with Gasteiger partial charge in [-0.05, 0) is 49.8 Å². The van der Waals surface area contributed by atoms with Crippen molar-refractivity contribution >= 4 is 12.3 Å². The molecule has 0 saturated carbocycles. The van der Waals surface area contributed by atoms with Crippen molar-refractivity contribution in [3.8, 4) is 0 Å². The van der Waals surface area contributed by atoms with Crippen LogP contribution in [0.15, 0.2) is 24.4 Å². The molecule has 0 radical (unpaired) electrons. The van der Waals surface area contributed by atoms with Gasteiger partial charge in [0.25, 0.3) is 6.47 Å². The third-order valence-corrected chi connectivity index (χ3v) is 5.37. The number of pyridine rings is 1. The molecule has 2 saturated heterocycles. The minimum atomic E-state index is -0.250. The average molecular weight is 375 g/mol. The molecule has 2 atom stereocenters. The number of nitrogens with zero attached hydrogens (tertiary/aromatic N) is 4. The van der Waals surface area contributed by atoms with Crippen LogP contribution in [0.5, 0.6) is 0 Å². The van der Waals surface area contributed by atoms with Gasteiger partial charge in [-0.15, -0.1) is 0 Å². The van der Waals surface area contributed by atoms with E-state index in [1.165, 1.54) is 6.07 Å². The lowest BCUT2D eigenvalue weighted by atomic mass is 9.92. The van der Waals surface area contributed by atoms with Gasteiger partial charge in [0, 0.05) is 44.6 Å². The lowest BCUT2D eigenvalue weighted by Crippen LogP contribution is -2.28. The van der Waals surface area contributed by atoms with Crippen molar-refractivity contribution < 1.29 is 14.3 Å². The number of nitrogens with one attached hydrogen (secondary N) is 1. The van der Waals surface area contributed by atoms with Gasteiger partial charge in [-0.3, -0.25) is 14.8 Å². The summed E-state index contributed by atoms with van der Waals surface area (Å²) in [6.45, 7) is 6.74. The molecule has 0 bridgehead atoms. The third-order valence-electron chi connectivity index (χ3n) is 5.37. The molecule has 8 heteroatoms. The van der Waals surface area contributed by atoms with E-state index in [1.54, 1.807) is 12.3 Å². The molecule has 0 aromatic carbocycles. The Morgan fingerprint density at radius 2 is 2.00 bits per heavy atom. The molecule has 4 heterocycles. The Hall–Kier alpha value is -2.48. The summed E-state index contributed by atoms with van der Waals surface area (Å²) in [5, 5.41) is 14.3. The first-order valence-electron chi connectivity index (χ1n) is 9.27. The molecular weight excluding hydrogens is 349 g/mol. The smallest absolute Gasteiger partial charge is 0.290 e. The van der Waals surface area contributed by atoms with Gasteiger partial charge in [-0.25, -0.2) is 9.37 Å². The van der Waals surface area contributed by atoms with Crippen LogP contribution in [-0.4, -0.2) is 57.8 Å². The van der Waals surface area contributed by atoms with Crippen LogP contribution < -0.4 is 4.90 Å². The molecule has 2 aliphatic heterocycles. The van der Waals surface area contributed by atoms with Crippen molar-refractivity contribution in [2.45, 2.75) is 26.3 Å². The summed E-state index contributed by atoms with van der Waals surface area (Å²) in [5.41, 5.74) is 2.24. The van der Waals surface area contributed by atoms with E-state index in [1.807, 2.05) is 6.92 Å². The predicted octanol–water partition coefficient (Wildman–Crippen LogP) is 2.30. The van der Waals surface area contributed by atoms with Gasteiger partial charge in [0.15, 0.2) is 11.6 Å². The second-order valence-electron chi connectivity index (χ2n) is 7.24. The molecular formula is C19H26FN5O2. The average Bonchev–Trinajstić information content (AvgIpc) is 3.17. The number of aryl methyl sites for hydroxylation is 1. The highest BCUT2D eigenvalue weighted by molar-refractivity contribution is 5.39. The van der Waals surface area contributed by atoms with Gasteiger partial charge in [0.2, 0.25) is 0 Å². The van der Waals surface area contributed by atoms with E-state index >= 15 is 0 Å². The van der Waals surface area contributed by atoms with Crippen LogP contribution in [0.2, 0.25) is 0 Å². The number of H-pyrrole nitrogens is 1. The lowest BCUT2D eigenvalue weighted by Gasteiger charge is -2.23. The summed E-state index contributed by atoms with van der Waals surface area (Å²) in [6, 6.07) is 5.28. The van der Waals surface area contributed by atoms with Crippen LogP contribution in [0.3, 0.4) is 0 Å². The maximum absolute atomic E-state index is 14.0. The molecule has 2 N–H and O–H groups in total. The van der Waals surface area contributed by atoms with E-state index in [0.717, 1.165) is 57.0 Å². The highest BCUT2D eigenvalue weighted by Gasteiger charge is 2.35. The van der Waals surface area contributed by atoms with Crippen molar-refractivity contribution in [1.29, 1.82) is 0 Å². The van der Waals surface area contributed by atoms with E-state index < -0.39 is 0 Å². The van der Waals surface area contributed by atoms with Gasteiger partial charge in [0.1, 0.15) is 0 Å². The first kappa shape index (κ1) is 19.3. The lowest BCUT2D eigenvalue weighted by molar-refractivity contribution is -0.122.